The van der Waals surface area contributed by atoms with Gasteiger partial charge in [-0.25, -0.2) is 4.79 Å². The molecule has 9 nitrogen and oxygen atoms in total. The third-order valence-electron chi connectivity index (χ3n) is 5.06. The van der Waals surface area contributed by atoms with Crippen LogP contribution in [-0.4, -0.2) is 52.8 Å². The molecule has 31 heavy (non-hydrogen) atoms. The van der Waals surface area contributed by atoms with E-state index >= 15 is 0 Å². The van der Waals surface area contributed by atoms with Gasteiger partial charge in [-0.1, -0.05) is 12.1 Å². The summed E-state index contributed by atoms with van der Waals surface area (Å²) in [7, 11) is 5.65. The molecule has 1 N–H and O–H groups in total. The number of benzene rings is 2. The molecule has 1 saturated heterocycles. The second-order valence-corrected chi connectivity index (χ2v) is 6.81. The van der Waals surface area contributed by atoms with Crippen LogP contribution in [0.1, 0.15) is 16.8 Å². The van der Waals surface area contributed by atoms with Crippen LogP contribution in [0, 0.1) is 5.92 Å². The van der Waals surface area contributed by atoms with E-state index in [1.807, 2.05) is 0 Å². The topological polar surface area (TPSA) is 103 Å². The molecule has 1 aliphatic rings. The van der Waals surface area contributed by atoms with Crippen LogP contribution in [0.5, 0.6) is 17.2 Å². The normalized spacial score (nSPS) is 15.4. The molecule has 2 aromatic carbocycles. The number of esters is 1. The maximum absolute atomic E-state index is 13.0. The maximum Gasteiger partial charge on any atom is 0.340 e. The van der Waals surface area contributed by atoms with Crippen LogP contribution in [0.25, 0.3) is 0 Å². The maximum atomic E-state index is 13.0. The van der Waals surface area contributed by atoms with Crippen LogP contribution in [-0.2, 0) is 14.3 Å². The molecule has 164 valence electrons. The number of ether oxygens (including phenoxy) is 4. The highest BCUT2D eigenvalue weighted by Crippen LogP contribution is 2.36. The van der Waals surface area contributed by atoms with Gasteiger partial charge in [-0.2, -0.15) is 0 Å². The minimum Gasteiger partial charge on any atom is -0.495 e. The number of nitrogens with one attached hydrogen (secondary N) is 1. The SMILES string of the molecule is COC(=O)c1cc(OC)c(OC)cc1NC(=O)C1CC(=O)N(c2ccccc2OC)C1. The summed E-state index contributed by atoms with van der Waals surface area (Å²) in [5, 5.41) is 2.73. The van der Waals surface area contributed by atoms with Crippen LogP contribution >= 0.6 is 0 Å². The second-order valence-electron chi connectivity index (χ2n) is 6.81. The molecule has 1 unspecified atom stereocenters. The predicted molar refractivity (Wildman–Crippen MR) is 113 cm³/mol. The first kappa shape index (κ1) is 21.9. The quantitative estimate of drug-likeness (QED) is 0.676. The van der Waals surface area contributed by atoms with E-state index < -0.39 is 17.8 Å². The molecule has 1 aliphatic heterocycles. The summed E-state index contributed by atoms with van der Waals surface area (Å²) < 4.78 is 20.6. The lowest BCUT2D eigenvalue weighted by Gasteiger charge is -2.19. The van der Waals surface area contributed by atoms with E-state index in [0.29, 0.717) is 22.9 Å². The summed E-state index contributed by atoms with van der Waals surface area (Å²) in [5.41, 5.74) is 0.920. The van der Waals surface area contributed by atoms with Crippen molar-refractivity contribution in [2.45, 2.75) is 6.42 Å². The van der Waals surface area contributed by atoms with Crippen molar-refractivity contribution in [3.63, 3.8) is 0 Å². The molecule has 0 saturated carbocycles. The van der Waals surface area contributed by atoms with Crippen molar-refractivity contribution in [3.8, 4) is 17.2 Å². The van der Waals surface area contributed by atoms with E-state index in [-0.39, 0.29) is 30.1 Å². The van der Waals surface area contributed by atoms with Gasteiger partial charge in [0.15, 0.2) is 11.5 Å². The van der Waals surface area contributed by atoms with Crippen molar-refractivity contribution in [1.82, 2.24) is 0 Å². The molecule has 0 bridgehead atoms. The number of hydrogen-bond acceptors (Lipinski definition) is 7. The molecule has 0 aromatic heterocycles. The lowest BCUT2D eigenvalue weighted by atomic mass is 10.1. The number of nitrogens with zero attached hydrogens (tertiary/aromatic N) is 1. The van der Waals surface area contributed by atoms with Crippen LogP contribution in [0.15, 0.2) is 36.4 Å². The second kappa shape index (κ2) is 9.38. The number of amides is 2. The Morgan fingerprint density at radius 3 is 2.26 bits per heavy atom. The molecular formula is C22H24N2O7. The molecule has 0 aliphatic carbocycles. The van der Waals surface area contributed by atoms with Crippen LogP contribution in [0.2, 0.25) is 0 Å². The third kappa shape index (κ3) is 4.40. The van der Waals surface area contributed by atoms with Gasteiger partial charge in [0, 0.05) is 25.1 Å². The Balaban J connectivity index is 1.85. The first-order valence-electron chi connectivity index (χ1n) is 9.52. The van der Waals surface area contributed by atoms with Gasteiger partial charge in [-0.3, -0.25) is 9.59 Å². The Labute approximate surface area is 179 Å². The van der Waals surface area contributed by atoms with Gasteiger partial charge in [-0.05, 0) is 12.1 Å². The van der Waals surface area contributed by atoms with Crippen molar-refractivity contribution >= 4 is 29.2 Å². The predicted octanol–water partition coefficient (Wildman–Crippen LogP) is 2.49. The van der Waals surface area contributed by atoms with Crippen molar-refractivity contribution < 1.29 is 33.3 Å². The molecule has 0 spiro atoms. The van der Waals surface area contributed by atoms with E-state index in [4.69, 9.17) is 18.9 Å². The largest absolute Gasteiger partial charge is 0.495 e. The number of para-hydroxylation sites is 2. The molecular weight excluding hydrogens is 404 g/mol. The van der Waals surface area contributed by atoms with Crippen molar-refractivity contribution in [1.29, 1.82) is 0 Å². The van der Waals surface area contributed by atoms with Gasteiger partial charge in [0.05, 0.1) is 51.3 Å². The summed E-state index contributed by atoms with van der Waals surface area (Å²) in [6.07, 6.45) is 0.0325. The first-order chi connectivity index (χ1) is 14.9. The first-order valence-corrected chi connectivity index (χ1v) is 9.52. The van der Waals surface area contributed by atoms with Gasteiger partial charge < -0.3 is 29.2 Å². The molecule has 9 heteroatoms. The summed E-state index contributed by atoms with van der Waals surface area (Å²) in [5.74, 6) is -0.647. The molecule has 0 radical (unpaired) electrons. The molecule has 2 aromatic rings. The zero-order chi connectivity index (χ0) is 22.5. The Morgan fingerprint density at radius 2 is 1.61 bits per heavy atom. The number of methoxy groups -OCH3 is 4. The minimum atomic E-state index is -0.644. The summed E-state index contributed by atoms with van der Waals surface area (Å²) in [6.45, 7) is 0.186. The van der Waals surface area contributed by atoms with Crippen molar-refractivity contribution in [3.05, 3.63) is 42.0 Å². The highest BCUT2D eigenvalue weighted by atomic mass is 16.5. The Hall–Kier alpha value is -3.75. The fourth-order valence-corrected chi connectivity index (χ4v) is 3.46. The fourth-order valence-electron chi connectivity index (χ4n) is 3.46. The van der Waals surface area contributed by atoms with Gasteiger partial charge in [0.2, 0.25) is 11.8 Å². The Morgan fingerprint density at radius 1 is 0.968 bits per heavy atom. The number of hydrogen-bond donors (Lipinski definition) is 1. The van der Waals surface area contributed by atoms with Gasteiger partial charge in [-0.15, -0.1) is 0 Å². The number of anilines is 2. The zero-order valence-corrected chi connectivity index (χ0v) is 17.8. The van der Waals surface area contributed by atoms with Crippen molar-refractivity contribution in [2.75, 3.05) is 45.2 Å². The van der Waals surface area contributed by atoms with Gasteiger partial charge >= 0.3 is 5.97 Å². The Bertz CT molecular complexity index is 1010. The zero-order valence-electron chi connectivity index (χ0n) is 17.8. The molecule has 1 atom stereocenters. The monoisotopic (exact) mass is 428 g/mol. The van der Waals surface area contributed by atoms with E-state index in [1.165, 1.54) is 45.5 Å². The Kier molecular flexibility index (Phi) is 6.64. The summed E-state index contributed by atoms with van der Waals surface area (Å²) in [4.78, 5) is 39.3. The lowest BCUT2D eigenvalue weighted by Crippen LogP contribution is -2.28. The fraction of sp³-hybridized carbons (Fsp3) is 0.318. The number of carbonyl (C=O) groups excluding carboxylic acids is 3. The molecule has 1 heterocycles. The smallest absolute Gasteiger partial charge is 0.340 e. The van der Waals surface area contributed by atoms with Crippen LogP contribution < -0.4 is 24.4 Å². The van der Waals surface area contributed by atoms with Crippen molar-refractivity contribution in [2.24, 2.45) is 5.92 Å². The number of carbonyl (C=O) groups is 3. The summed E-state index contributed by atoms with van der Waals surface area (Å²) in [6, 6.07) is 10.0. The minimum absolute atomic E-state index is 0.0325. The standard InChI is InChI=1S/C22H24N2O7/c1-28-17-8-6-5-7-16(17)24-12-13(9-20(24)25)21(26)23-15-11-19(30-3)18(29-2)10-14(15)22(27)31-4/h5-8,10-11,13H,9,12H2,1-4H3,(H,23,26). The van der Waals surface area contributed by atoms with E-state index in [1.54, 1.807) is 24.3 Å². The van der Waals surface area contributed by atoms with Crippen LogP contribution in [0.3, 0.4) is 0 Å². The highest BCUT2D eigenvalue weighted by Gasteiger charge is 2.36. The lowest BCUT2D eigenvalue weighted by molar-refractivity contribution is -0.122. The summed E-state index contributed by atoms with van der Waals surface area (Å²) >= 11 is 0. The molecule has 3 rings (SSSR count). The van der Waals surface area contributed by atoms with Crippen LogP contribution in [0.4, 0.5) is 11.4 Å². The van der Waals surface area contributed by atoms with E-state index in [0.717, 1.165) is 0 Å². The van der Waals surface area contributed by atoms with E-state index in [2.05, 4.69) is 5.32 Å². The number of rotatable bonds is 7. The third-order valence-corrected chi connectivity index (χ3v) is 5.06. The van der Waals surface area contributed by atoms with E-state index in [9.17, 15) is 14.4 Å². The van der Waals surface area contributed by atoms with Gasteiger partial charge in [0.1, 0.15) is 5.75 Å². The van der Waals surface area contributed by atoms with Gasteiger partial charge in [0.25, 0.3) is 0 Å². The molecule has 1 fully saturated rings. The average molecular weight is 428 g/mol. The molecule has 2 amide bonds. The average Bonchev–Trinajstić information content (AvgIpc) is 3.19. The highest BCUT2D eigenvalue weighted by molar-refractivity contribution is 6.07.